The van der Waals surface area contributed by atoms with Crippen molar-refractivity contribution in [1.29, 1.82) is 0 Å². The van der Waals surface area contributed by atoms with Crippen molar-refractivity contribution in [2.24, 2.45) is 7.05 Å². The number of imidazole rings is 1. The molecule has 2 aliphatic carbocycles. The van der Waals surface area contributed by atoms with Crippen LogP contribution in [0.5, 0.6) is 0 Å². The Hall–Kier alpha value is -6.88. The van der Waals surface area contributed by atoms with Crippen molar-refractivity contribution >= 4 is 22.3 Å². The Balaban J connectivity index is 0.993. The monoisotopic (exact) mass is 866 g/mol. The maximum Gasteiger partial charge on any atom is 0.438 e. The third kappa shape index (κ3) is 5.64. The number of halogens is 2. The molecular weight excluding hydrogens is 823 g/mol. The third-order valence-electron chi connectivity index (χ3n) is 14.4. The Bertz CT molecular complexity index is 3370. The van der Waals surface area contributed by atoms with Gasteiger partial charge in [-0.25, -0.2) is 23.1 Å². The highest BCUT2D eigenvalue weighted by molar-refractivity contribution is 5.99. The molecule has 1 amide bonds. The summed E-state index contributed by atoms with van der Waals surface area (Å²) in [4.78, 5) is 47.0. The molecule has 2 saturated carbocycles. The van der Waals surface area contributed by atoms with Gasteiger partial charge in [-0.05, 0) is 112 Å². The Morgan fingerprint density at radius 1 is 0.953 bits per heavy atom. The van der Waals surface area contributed by atoms with Crippen LogP contribution in [0.3, 0.4) is 0 Å². The zero-order valence-electron chi connectivity index (χ0n) is 35.7. The van der Waals surface area contributed by atoms with Gasteiger partial charge in [0.05, 0.1) is 62.3 Å². The summed E-state index contributed by atoms with van der Waals surface area (Å²) in [7, 11) is 1.72. The predicted octanol–water partition coefficient (Wildman–Crippen LogP) is 6.79. The molecule has 17 heteroatoms. The molecule has 0 unspecified atom stereocenters. The number of carbonyl (C=O) groups excluding carboxylic acids is 1. The molecule has 12 rings (SSSR count). The molecule has 2 atom stereocenters. The number of nitrogens with zero attached hydrogens (tertiary/aromatic N) is 9. The molecule has 15 nitrogen and oxygen atoms in total. The first-order valence-corrected chi connectivity index (χ1v) is 21.8. The van der Waals surface area contributed by atoms with E-state index in [0.717, 1.165) is 36.8 Å². The minimum Gasteiger partial charge on any atom is -0.375 e. The summed E-state index contributed by atoms with van der Waals surface area (Å²) in [6.07, 6.45) is 14.2. The fourth-order valence-corrected chi connectivity index (χ4v) is 10.7. The third-order valence-corrected chi connectivity index (χ3v) is 14.4. The molecule has 2 aliphatic heterocycles. The number of nitrogens with one attached hydrogen (secondary N) is 1. The zero-order valence-corrected chi connectivity index (χ0v) is 35.7. The van der Waals surface area contributed by atoms with Gasteiger partial charge in [0.1, 0.15) is 11.6 Å². The van der Waals surface area contributed by atoms with Crippen LogP contribution in [-0.2, 0) is 23.6 Å². The van der Waals surface area contributed by atoms with E-state index in [1.807, 2.05) is 17.5 Å². The SMILES string of the molecule is Cc1cc(-n2nc3c(c2-n2ccn(-c4ccc5c(cnn5C)c4F)c2=O)[C@H](C)N(C(=O)c2cn4cc([C@H]5CCOC6(CC6)C5)ccc4c2C2(c4noc(=O)[nH]4)CC2)CC3)cc(C)c1F. The number of carbonyl (C=O) groups is 1. The first-order chi connectivity index (χ1) is 30.8. The highest BCUT2D eigenvalue weighted by atomic mass is 19.1. The zero-order chi connectivity index (χ0) is 44.0. The van der Waals surface area contributed by atoms with E-state index in [4.69, 9.17) is 14.4 Å². The number of hydrogen-bond acceptors (Lipinski definition) is 8. The number of ether oxygens (including phenoxy) is 1. The lowest BCUT2D eigenvalue weighted by Gasteiger charge is -2.34. The van der Waals surface area contributed by atoms with Crippen LogP contribution in [-0.4, -0.2) is 72.8 Å². The van der Waals surface area contributed by atoms with Crippen LogP contribution in [0.25, 0.3) is 33.6 Å². The molecule has 2 aromatic carbocycles. The Morgan fingerprint density at radius 3 is 2.45 bits per heavy atom. The average Bonchev–Trinajstić information content (AvgIpc) is 3.84. The van der Waals surface area contributed by atoms with Gasteiger partial charge in [-0.1, -0.05) is 11.2 Å². The van der Waals surface area contributed by atoms with Gasteiger partial charge in [0.25, 0.3) is 5.91 Å². The molecule has 1 N–H and O–H groups in total. The van der Waals surface area contributed by atoms with Crippen LogP contribution in [0.4, 0.5) is 8.78 Å². The fourth-order valence-electron chi connectivity index (χ4n) is 10.7. The minimum atomic E-state index is -0.743. The van der Waals surface area contributed by atoms with E-state index in [1.165, 1.54) is 27.1 Å². The van der Waals surface area contributed by atoms with Crippen molar-refractivity contribution in [2.75, 3.05) is 13.2 Å². The number of fused-ring (bicyclic) bond motifs is 3. The Labute approximate surface area is 363 Å². The maximum absolute atomic E-state index is 16.1. The predicted molar refractivity (Wildman–Crippen MR) is 230 cm³/mol. The van der Waals surface area contributed by atoms with E-state index in [9.17, 15) is 9.59 Å². The van der Waals surface area contributed by atoms with Crippen molar-refractivity contribution in [3.63, 3.8) is 0 Å². The normalized spacial score (nSPS) is 19.8. The number of aromatic amines is 1. The number of aryl methyl sites for hydroxylation is 3. The van der Waals surface area contributed by atoms with Crippen molar-refractivity contribution in [3.8, 4) is 17.2 Å². The molecule has 1 saturated heterocycles. The van der Waals surface area contributed by atoms with Crippen molar-refractivity contribution < 1.29 is 22.8 Å². The molecular formula is C47H44F2N10O5. The van der Waals surface area contributed by atoms with Crippen LogP contribution >= 0.6 is 0 Å². The summed E-state index contributed by atoms with van der Waals surface area (Å²) >= 11 is 0. The van der Waals surface area contributed by atoms with E-state index in [0.29, 0.717) is 89.1 Å². The Kier molecular flexibility index (Phi) is 8.22. The van der Waals surface area contributed by atoms with Crippen LogP contribution in [0.15, 0.2) is 81.5 Å². The standard InChI is InChI=1S/C47H44F2N10O5/c1-25-19-30(20-26(2)39(25)48)59-41(58-17-16-57(45(58)62)36-8-7-34-31(40(36)49)22-50-54(34)4)37-27(3)56(15-9-33(37)52-59)42(60)32-24-55-23-29(28-10-18-63-46(21-28)11-12-46)5-6-35(55)38(32)47(13-14-47)43-51-44(61)64-53-43/h5-8,16-17,19-20,22-24,27-28H,9-15,18,21H2,1-4H3,(H,51,53,61)/t27-,28-/m0/s1. The summed E-state index contributed by atoms with van der Waals surface area (Å²) < 4.78 is 50.3. The molecule has 4 aliphatic rings. The van der Waals surface area contributed by atoms with E-state index in [-0.39, 0.29) is 28.4 Å². The van der Waals surface area contributed by atoms with Crippen LogP contribution in [0.2, 0.25) is 0 Å². The molecule has 0 radical (unpaired) electrons. The largest absolute Gasteiger partial charge is 0.438 e. The van der Waals surface area contributed by atoms with Gasteiger partial charge in [-0.2, -0.15) is 10.2 Å². The number of pyridine rings is 1. The number of benzene rings is 2. The molecule has 1 spiro atoms. The van der Waals surface area contributed by atoms with Crippen LogP contribution < -0.4 is 11.4 Å². The highest BCUT2D eigenvalue weighted by Crippen LogP contribution is 2.56. The summed E-state index contributed by atoms with van der Waals surface area (Å²) in [5.41, 5.74) is 5.20. The first kappa shape index (κ1) is 38.8. The average molecular weight is 867 g/mol. The highest BCUT2D eigenvalue weighted by Gasteiger charge is 2.54. The maximum atomic E-state index is 16.1. The van der Waals surface area contributed by atoms with Gasteiger partial charge < -0.3 is 14.0 Å². The lowest BCUT2D eigenvalue weighted by molar-refractivity contribution is -0.0132. The first-order valence-electron chi connectivity index (χ1n) is 21.8. The second kappa shape index (κ2) is 13.6. The van der Waals surface area contributed by atoms with Gasteiger partial charge in [-0.15, -0.1) is 0 Å². The van der Waals surface area contributed by atoms with Crippen molar-refractivity contribution in [1.82, 2.24) is 48.1 Å². The van der Waals surface area contributed by atoms with Gasteiger partial charge in [0.2, 0.25) is 0 Å². The number of amides is 1. The van der Waals surface area contributed by atoms with E-state index in [2.05, 4.69) is 33.6 Å². The van der Waals surface area contributed by atoms with Crippen molar-refractivity contribution in [2.45, 2.75) is 88.7 Å². The molecule has 3 fully saturated rings. The van der Waals surface area contributed by atoms with Gasteiger partial charge in [-0.3, -0.25) is 28.1 Å². The summed E-state index contributed by atoms with van der Waals surface area (Å²) in [5, 5.41) is 13.7. The second-order valence-corrected chi connectivity index (χ2v) is 18.3. The minimum absolute atomic E-state index is 0.0138. The topological polar surface area (TPSA) is 155 Å². The molecule has 0 bridgehead atoms. The smallest absolute Gasteiger partial charge is 0.375 e. The summed E-state index contributed by atoms with van der Waals surface area (Å²) in [6.45, 7) is 6.29. The van der Waals surface area contributed by atoms with Crippen molar-refractivity contribution in [3.05, 3.63) is 145 Å². The van der Waals surface area contributed by atoms with Crippen LogP contribution in [0, 0.1) is 25.5 Å². The second-order valence-electron chi connectivity index (χ2n) is 18.3. The quantitative estimate of drug-likeness (QED) is 0.184. The number of hydrogen-bond donors (Lipinski definition) is 1. The number of aromatic nitrogens is 9. The summed E-state index contributed by atoms with van der Waals surface area (Å²) in [5.74, 6) is -0.774. The van der Waals surface area contributed by atoms with Gasteiger partial charge in [0, 0.05) is 62.5 Å². The Morgan fingerprint density at radius 2 is 1.72 bits per heavy atom. The van der Waals surface area contributed by atoms with Gasteiger partial charge >= 0.3 is 11.4 Å². The number of H-pyrrole nitrogens is 1. The molecule has 6 aromatic heterocycles. The lowest BCUT2D eigenvalue weighted by Crippen LogP contribution is -2.40. The van der Waals surface area contributed by atoms with E-state index < -0.39 is 28.7 Å². The molecule has 64 heavy (non-hydrogen) atoms. The summed E-state index contributed by atoms with van der Waals surface area (Å²) in [6, 6.07) is 10.2. The molecule has 8 aromatic rings. The number of rotatable bonds is 7. The van der Waals surface area contributed by atoms with Gasteiger partial charge in [0.15, 0.2) is 11.6 Å². The molecule has 326 valence electrons. The lowest BCUT2D eigenvalue weighted by atomic mass is 9.87. The van der Waals surface area contributed by atoms with E-state index in [1.54, 1.807) is 65.6 Å². The molecule has 8 heterocycles. The van der Waals surface area contributed by atoms with Crippen LogP contribution in [0.1, 0.15) is 107 Å². The fraction of sp³-hybridized carbons (Fsp3) is 0.362. The van der Waals surface area contributed by atoms with E-state index >= 15 is 13.6 Å².